The molecular weight excluding hydrogens is 232 g/mol. The molecule has 1 saturated heterocycles. The second kappa shape index (κ2) is 6.06. The molecule has 1 atom stereocenters. The van der Waals surface area contributed by atoms with E-state index in [4.69, 9.17) is 0 Å². The van der Waals surface area contributed by atoms with E-state index in [9.17, 15) is 0 Å². The maximum Gasteiger partial charge on any atom is 0.0193 e. The summed E-state index contributed by atoms with van der Waals surface area (Å²) < 4.78 is 0. The van der Waals surface area contributed by atoms with E-state index < -0.39 is 0 Å². The number of nitrogens with zero attached hydrogens (tertiary/aromatic N) is 1. The Hall–Kier alpha value is -0.860. The molecule has 1 unspecified atom stereocenters. The highest BCUT2D eigenvalue weighted by atomic mass is 15.2. The summed E-state index contributed by atoms with van der Waals surface area (Å²) in [5.74, 6) is 0. The molecule has 1 fully saturated rings. The summed E-state index contributed by atoms with van der Waals surface area (Å²) in [6, 6.07) is 9.84. The lowest BCUT2D eigenvalue weighted by Crippen LogP contribution is -2.50. The molecule has 1 aliphatic heterocycles. The lowest BCUT2D eigenvalue weighted by Gasteiger charge is -2.33. The summed E-state index contributed by atoms with van der Waals surface area (Å²) in [6.07, 6.45) is 1.16. The van der Waals surface area contributed by atoms with Gasteiger partial charge in [-0.05, 0) is 29.9 Å². The Bertz CT molecular complexity index is 389. The molecule has 0 bridgehead atoms. The van der Waals surface area contributed by atoms with E-state index in [0.29, 0.717) is 6.04 Å². The van der Waals surface area contributed by atoms with Crippen molar-refractivity contribution in [3.63, 3.8) is 0 Å². The van der Waals surface area contributed by atoms with Gasteiger partial charge in [0.15, 0.2) is 0 Å². The van der Waals surface area contributed by atoms with E-state index in [1.807, 2.05) is 0 Å². The Morgan fingerprint density at radius 3 is 2.47 bits per heavy atom. The summed E-state index contributed by atoms with van der Waals surface area (Å²) in [7, 11) is 0. The van der Waals surface area contributed by atoms with Crippen LogP contribution in [0.25, 0.3) is 0 Å². The number of nitrogens with one attached hydrogen (secondary N) is 1. The first-order chi connectivity index (χ1) is 8.97. The van der Waals surface area contributed by atoms with Crippen LogP contribution in [0, 0.1) is 0 Å². The minimum absolute atomic E-state index is 0.256. The third-order valence-electron chi connectivity index (χ3n) is 4.15. The van der Waals surface area contributed by atoms with Gasteiger partial charge in [-0.2, -0.15) is 0 Å². The third kappa shape index (κ3) is 4.05. The predicted octanol–water partition coefficient (Wildman–Crippen LogP) is 2.82. The monoisotopic (exact) mass is 260 g/mol. The number of benzene rings is 1. The smallest absolute Gasteiger partial charge is 0.0193 e. The van der Waals surface area contributed by atoms with Crippen molar-refractivity contribution in [3.05, 3.63) is 35.4 Å². The highest BCUT2D eigenvalue weighted by molar-refractivity contribution is 5.27. The minimum atomic E-state index is 0.256. The molecule has 0 aromatic heterocycles. The van der Waals surface area contributed by atoms with Crippen molar-refractivity contribution in [3.8, 4) is 0 Å². The van der Waals surface area contributed by atoms with Crippen LogP contribution in [0.1, 0.15) is 38.8 Å². The molecule has 2 heteroatoms. The zero-order valence-electron chi connectivity index (χ0n) is 12.9. The summed E-state index contributed by atoms with van der Waals surface area (Å²) in [5.41, 5.74) is 3.14. The Balaban J connectivity index is 1.89. The van der Waals surface area contributed by atoms with Crippen molar-refractivity contribution in [1.29, 1.82) is 0 Å². The van der Waals surface area contributed by atoms with Crippen LogP contribution in [0.15, 0.2) is 24.3 Å². The zero-order valence-corrected chi connectivity index (χ0v) is 12.9. The van der Waals surface area contributed by atoms with Crippen molar-refractivity contribution in [2.24, 2.45) is 0 Å². The van der Waals surface area contributed by atoms with Crippen LogP contribution in [0.2, 0.25) is 0 Å². The molecule has 0 amide bonds. The van der Waals surface area contributed by atoms with Gasteiger partial charge in [-0.1, -0.05) is 45.0 Å². The number of piperazine rings is 1. The van der Waals surface area contributed by atoms with Crippen molar-refractivity contribution in [2.45, 2.75) is 45.6 Å². The summed E-state index contributed by atoms with van der Waals surface area (Å²) in [5, 5.41) is 3.45. The van der Waals surface area contributed by atoms with Crippen LogP contribution in [-0.4, -0.2) is 37.1 Å². The maximum atomic E-state index is 3.45. The Morgan fingerprint density at radius 1 is 1.21 bits per heavy atom. The summed E-state index contributed by atoms with van der Waals surface area (Å²) >= 11 is 0. The average molecular weight is 260 g/mol. The fourth-order valence-electron chi connectivity index (χ4n) is 2.66. The first-order valence-electron chi connectivity index (χ1n) is 7.51. The predicted molar refractivity (Wildman–Crippen MR) is 82.8 cm³/mol. The molecule has 0 aliphatic carbocycles. The normalized spacial score (nSPS) is 21.6. The van der Waals surface area contributed by atoms with Gasteiger partial charge in [0.25, 0.3) is 0 Å². The minimum Gasteiger partial charge on any atom is -0.314 e. The molecule has 2 nitrogen and oxygen atoms in total. The van der Waals surface area contributed by atoms with Gasteiger partial charge in [-0.25, -0.2) is 0 Å². The summed E-state index contributed by atoms with van der Waals surface area (Å²) in [6.45, 7) is 13.7. The molecule has 0 spiro atoms. The van der Waals surface area contributed by atoms with Crippen LogP contribution in [-0.2, 0) is 11.8 Å². The Labute approximate surface area is 118 Å². The van der Waals surface area contributed by atoms with Crippen LogP contribution in [0.5, 0.6) is 0 Å². The van der Waals surface area contributed by atoms with E-state index >= 15 is 0 Å². The van der Waals surface area contributed by atoms with Crippen LogP contribution in [0.4, 0.5) is 0 Å². The molecule has 2 rings (SSSR count). The molecule has 1 aliphatic rings. The summed E-state index contributed by atoms with van der Waals surface area (Å²) in [4.78, 5) is 2.59. The number of hydrogen-bond acceptors (Lipinski definition) is 2. The van der Waals surface area contributed by atoms with Gasteiger partial charge in [0.2, 0.25) is 0 Å². The van der Waals surface area contributed by atoms with Crippen molar-refractivity contribution in [1.82, 2.24) is 10.2 Å². The number of hydrogen-bond donors (Lipinski definition) is 1. The second-order valence-electron chi connectivity index (χ2n) is 6.79. The molecular formula is C17H28N2. The van der Waals surface area contributed by atoms with Gasteiger partial charge in [0.1, 0.15) is 0 Å². The zero-order chi connectivity index (χ0) is 13.9. The molecule has 0 saturated carbocycles. The van der Waals surface area contributed by atoms with Gasteiger partial charge in [0.05, 0.1) is 0 Å². The molecule has 1 aromatic carbocycles. The third-order valence-corrected chi connectivity index (χ3v) is 4.15. The lowest BCUT2D eigenvalue weighted by molar-refractivity contribution is 0.176. The molecule has 1 heterocycles. The highest BCUT2D eigenvalue weighted by Gasteiger charge is 2.17. The largest absolute Gasteiger partial charge is 0.314 e. The lowest BCUT2D eigenvalue weighted by atomic mass is 9.86. The van der Waals surface area contributed by atoms with Crippen LogP contribution in [0.3, 0.4) is 0 Å². The molecule has 106 valence electrons. The molecule has 19 heavy (non-hydrogen) atoms. The van der Waals surface area contributed by atoms with Crippen molar-refractivity contribution in [2.75, 3.05) is 26.2 Å². The van der Waals surface area contributed by atoms with Gasteiger partial charge in [-0.3, -0.25) is 4.90 Å². The fourth-order valence-corrected chi connectivity index (χ4v) is 2.66. The van der Waals surface area contributed by atoms with E-state index in [1.165, 1.54) is 24.2 Å². The molecule has 1 N–H and O–H groups in total. The first kappa shape index (κ1) is 14.5. The molecule has 0 radical (unpaired) electrons. The van der Waals surface area contributed by atoms with E-state index in [1.54, 1.807) is 0 Å². The average Bonchev–Trinajstić information content (AvgIpc) is 2.37. The highest BCUT2D eigenvalue weighted by Crippen LogP contribution is 2.22. The van der Waals surface area contributed by atoms with E-state index in [-0.39, 0.29) is 5.41 Å². The van der Waals surface area contributed by atoms with Crippen molar-refractivity contribution < 1.29 is 0 Å². The van der Waals surface area contributed by atoms with Crippen molar-refractivity contribution >= 4 is 0 Å². The van der Waals surface area contributed by atoms with E-state index in [0.717, 1.165) is 19.5 Å². The maximum absolute atomic E-state index is 3.45. The van der Waals surface area contributed by atoms with E-state index in [2.05, 4.69) is 62.2 Å². The quantitative estimate of drug-likeness (QED) is 0.899. The van der Waals surface area contributed by atoms with Gasteiger partial charge >= 0.3 is 0 Å². The van der Waals surface area contributed by atoms with Gasteiger partial charge in [-0.15, -0.1) is 0 Å². The SMILES string of the molecule is CC1CNCCN1CCc1ccc(C(C)(C)C)cc1. The molecule has 1 aromatic rings. The Kier molecular flexibility index (Phi) is 4.64. The second-order valence-corrected chi connectivity index (χ2v) is 6.79. The first-order valence-corrected chi connectivity index (χ1v) is 7.51. The topological polar surface area (TPSA) is 15.3 Å². The fraction of sp³-hybridized carbons (Fsp3) is 0.647. The van der Waals surface area contributed by atoms with Gasteiger partial charge < -0.3 is 5.32 Å². The van der Waals surface area contributed by atoms with Crippen LogP contribution < -0.4 is 5.32 Å². The van der Waals surface area contributed by atoms with Gasteiger partial charge in [0, 0.05) is 32.2 Å². The number of rotatable bonds is 3. The van der Waals surface area contributed by atoms with Crippen LogP contribution >= 0.6 is 0 Å². The Morgan fingerprint density at radius 2 is 1.89 bits per heavy atom. The standard InChI is InChI=1S/C17H28N2/c1-14-13-18-10-12-19(14)11-9-15-5-7-16(8-6-15)17(2,3)4/h5-8,14,18H,9-13H2,1-4H3.